The van der Waals surface area contributed by atoms with Crippen LogP contribution in [0.2, 0.25) is 0 Å². The van der Waals surface area contributed by atoms with E-state index >= 15 is 0 Å². The Hall–Kier alpha value is -2.58. The molecule has 0 bridgehead atoms. The molecule has 0 aromatic carbocycles. The van der Waals surface area contributed by atoms with Crippen LogP contribution in [0.5, 0.6) is 0 Å². The molecule has 120 valence electrons. The molecule has 2 rings (SSSR count). The quantitative estimate of drug-likeness (QED) is 0.791. The molecule has 0 saturated carbocycles. The topological polar surface area (TPSA) is 108 Å². The van der Waals surface area contributed by atoms with Gasteiger partial charge in [0.25, 0.3) is 5.56 Å². The smallest absolute Gasteiger partial charge is 0.421 e. The molecule has 0 saturated heterocycles. The van der Waals surface area contributed by atoms with Gasteiger partial charge in [-0.15, -0.1) is 0 Å². The summed E-state index contributed by atoms with van der Waals surface area (Å²) in [5.74, 6) is 0.420. The lowest BCUT2D eigenvalue weighted by molar-refractivity contribution is 0.167. The van der Waals surface area contributed by atoms with Crippen molar-refractivity contribution in [3.63, 3.8) is 0 Å². The van der Waals surface area contributed by atoms with Crippen LogP contribution in [0.15, 0.2) is 9.59 Å². The van der Waals surface area contributed by atoms with Crippen LogP contribution in [0.4, 0.5) is 4.79 Å². The van der Waals surface area contributed by atoms with Gasteiger partial charge >= 0.3 is 11.8 Å². The standard InChI is InChI=1S/C13H18N4O5/c1-4-5-6-7-8-14-10-9(17(8)22-3)11(18)15(2)12(19)16(10)13(20)21/h4-7H2,1-3H3,(H,20,21). The maximum Gasteiger partial charge on any atom is 0.421 e. The van der Waals surface area contributed by atoms with Crippen LogP contribution in [-0.2, 0) is 13.5 Å². The normalized spacial score (nSPS) is 11.0. The van der Waals surface area contributed by atoms with Gasteiger partial charge in [0.2, 0.25) is 0 Å². The average Bonchev–Trinajstić information content (AvgIpc) is 2.83. The van der Waals surface area contributed by atoms with E-state index in [1.54, 1.807) is 0 Å². The predicted molar refractivity (Wildman–Crippen MR) is 78.4 cm³/mol. The van der Waals surface area contributed by atoms with Gasteiger partial charge in [0.15, 0.2) is 11.2 Å². The van der Waals surface area contributed by atoms with Crippen molar-refractivity contribution in [1.29, 1.82) is 0 Å². The monoisotopic (exact) mass is 310 g/mol. The first kappa shape index (κ1) is 15.8. The summed E-state index contributed by atoms with van der Waals surface area (Å²) in [4.78, 5) is 44.9. The maximum atomic E-state index is 12.3. The molecule has 0 aliphatic rings. The lowest BCUT2D eigenvalue weighted by Crippen LogP contribution is -2.41. The summed E-state index contributed by atoms with van der Waals surface area (Å²) in [7, 11) is 2.58. The van der Waals surface area contributed by atoms with Crippen LogP contribution in [0, 0.1) is 0 Å². The zero-order valence-corrected chi connectivity index (χ0v) is 12.7. The van der Waals surface area contributed by atoms with Crippen molar-refractivity contribution in [1.82, 2.24) is 18.8 Å². The number of unbranched alkanes of at least 4 members (excludes halogenated alkanes) is 2. The summed E-state index contributed by atoms with van der Waals surface area (Å²) in [6, 6.07) is 0. The number of hydrogen-bond donors (Lipinski definition) is 1. The highest BCUT2D eigenvalue weighted by Crippen LogP contribution is 2.12. The maximum absolute atomic E-state index is 12.3. The molecule has 9 nitrogen and oxygen atoms in total. The van der Waals surface area contributed by atoms with Crippen molar-refractivity contribution in [2.75, 3.05) is 7.11 Å². The molecule has 2 aromatic heterocycles. The van der Waals surface area contributed by atoms with E-state index in [2.05, 4.69) is 11.9 Å². The molecule has 9 heteroatoms. The van der Waals surface area contributed by atoms with E-state index in [4.69, 9.17) is 4.84 Å². The van der Waals surface area contributed by atoms with Crippen molar-refractivity contribution < 1.29 is 14.7 Å². The van der Waals surface area contributed by atoms with E-state index in [0.29, 0.717) is 16.8 Å². The van der Waals surface area contributed by atoms with Gasteiger partial charge < -0.3 is 9.94 Å². The molecule has 0 amide bonds. The molecule has 22 heavy (non-hydrogen) atoms. The third-order valence-corrected chi connectivity index (χ3v) is 3.46. The highest BCUT2D eigenvalue weighted by molar-refractivity contribution is 5.82. The van der Waals surface area contributed by atoms with Crippen molar-refractivity contribution in [2.45, 2.75) is 32.6 Å². The summed E-state index contributed by atoms with van der Waals surface area (Å²) in [5.41, 5.74) is -1.85. The number of fused-ring (bicyclic) bond motifs is 1. The molecule has 0 spiro atoms. The van der Waals surface area contributed by atoms with Gasteiger partial charge in [-0.3, -0.25) is 9.36 Å². The molecule has 2 heterocycles. The molecule has 0 aliphatic heterocycles. The zero-order chi connectivity index (χ0) is 16.4. The van der Waals surface area contributed by atoms with Crippen LogP contribution in [-0.4, -0.2) is 37.2 Å². The van der Waals surface area contributed by atoms with E-state index in [1.807, 2.05) is 0 Å². The number of aryl methyl sites for hydroxylation is 1. The van der Waals surface area contributed by atoms with Gasteiger partial charge in [-0.25, -0.2) is 14.6 Å². The van der Waals surface area contributed by atoms with Gasteiger partial charge in [0.1, 0.15) is 12.9 Å². The lowest BCUT2D eigenvalue weighted by atomic mass is 10.2. The van der Waals surface area contributed by atoms with Crippen molar-refractivity contribution in [3.05, 3.63) is 26.7 Å². The van der Waals surface area contributed by atoms with Crippen LogP contribution >= 0.6 is 0 Å². The minimum atomic E-state index is -1.49. The highest BCUT2D eigenvalue weighted by atomic mass is 16.6. The molecule has 0 unspecified atom stereocenters. The Balaban J connectivity index is 2.80. The molecule has 0 aliphatic carbocycles. The third kappa shape index (κ3) is 2.38. The van der Waals surface area contributed by atoms with E-state index in [1.165, 1.54) is 18.9 Å². The third-order valence-electron chi connectivity index (χ3n) is 3.46. The second-order valence-electron chi connectivity index (χ2n) is 4.90. The van der Waals surface area contributed by atoms with Gasteiger partial charge in [-0.2, -0.15) is 9.30 Å². The first-order chi connectivity index (χ1) is 10.4. The Bertz CT molecular complexity index is 830. The second-order valence-corrected chi connectivity index (χ2v) is 4.90. The van der Waals surface area contributed by atoms with E-state index in [9.17, 15) is 19.5 Å². The Kier molecular flexibility index (Phi) is 4.34. The lowest BCUT2D eigenvalue weighted by Gasteiger charge is -2.07. The molecule has 2 aromatic rings. The minimum absolute atomic E-state index is 0.0569. The number of nitrogens with zero attached hydrogens (tertiary/aromatic N) is 4. The van der Waals surface area contributed by atoms with E-state index < -0.39 is 17.3 Å². The predicted octanol–water partition coefficient (Wildman–Crippen LogP) is 0.214. The number of hydrogen-bond acceptors (Lipinski definition) is 5. The summed E-state index contributed by atoms with van der Waals surface area (Å²) in [5, 5.41) is 9.22. The van der Waals surface area contributed by atoms with Gasteiger partial charge in [-0.05, 0) is 6.42 Å². The summed E-state index contributed by atoms with van der Waals surface area (Å²) < 4.78 is 2.38. The average molecular weight is 310 g/mol. The first-order valence-corrected chi connectivity index (χ1v) is 6.95. The van der Waals surface area contributed by atoms with E-state index in [-0.39, 0.29) is 11.2 Å². The second kappa shape index (κ2) is 6.04. The van der Waals surface area contributed by atoms with Gasteiger partial charge in [-0.1, -0.05) is 19.8 Å². The van der Waals surface area contributed by atoms with Crippen LogP contribution in [0.25, 0.3) is 11.2 Å². The van der Waals surface area contributed by atoms with Crippen molar-refractivity contribution in [2.24, 2.45) is 7.05 Å². The number of carbonyl (C=O) groups is 1. The largest absolute Gasteiger partial charge is 0.464 e. The summed E-state index contributed by atoms with van der Waals surface area (Å²) in [6.07, 6.45) is 1.83. The van der Waals surface area contributed by atoms with Crippen LogP contribution in [0.3, 0.4) is 0 Å². The van der Waals surface area contributed by atoms with Gasteiger partial charge in [0, 0.05) is 13.5 Å². The Labute approximate surface area is 125 Å². The molecular weight excluding hydrogens is 292 g/mol. The SMILES string of the molecule is CCCCCc1nc2c(c(=O)n(C)c(=O)n2C(=O)O)n1OC. The van der Waals surface area contributed by atoms with Crippen molar-refractivity contribution >= 4 is 17.3 Å². The molecule has 0 atom stereocenters. The van der Waals surface area contributed by atoms with E-state index in [0.717, 1.165) is 23.8 Å². The fourth-order valence-electron chi connectivity index (χ4n) is 2.32. The van der Waals surface area contributed by atoms with Gasteiger partial charge in [0.05, 0.1) is 0 Å². The molecular formula is C13H18N4O5. The molecule has 1 N–H and O–H groups in total. The number of carboxylic acid groups (broad SMARTS) is 1. The number of imidazole rings is 1. The minimum Gasteiger partial charge on any atom is -0.464 e. The summed E-state index contributed by atoms with van der Waals surface area (Å²) >= 11 is 0. The zero-order valence-electron chi connectivity index (χ0n) is 12.7. The Morgan fingerprint density at radius 1 is 1.32 bits per heavy atom. The fraction of sp³-hybridized carbons (Fsp3) is 0.538. The first-order valence-electron chi connectivity index (χ1n) is 6.95. The van der Waals surface area contributed by atoms with Crippen molar-refractivity contribution in [3.8, 4) is 0 Å². The summed E-state index contributed by atoms with van der Waals surface area (Å²) in [6.45, 7) is 2.05. The van der Waals surface area contributed by atoms with Crippen LogP contribution in [0.1, 0.15) is 32.0 Å². The van der Waals surface area contributed by atoms with Crippen LogP contribution < -0.4 is 16.1 Å². The highest BCUT2D eigenvalue weighted by Gasteiger charge is 2.23. The Morgan fingerprint density at radius 2 is 2.00 bits per heavy atom. The number of rotatable bonds is 5. The molecule has 0 radical (unpaired) electrons. The Morgan fingerprint density at radius 3 is 2.55 bits per heavy atom. The number of aromatic nitrogens is 4. The fourth-order valence-corrected chi connectivity index (χ4v) is 2.32. The molecule has 0 fully saturated rings.